The second-order valence-electron chi connectivity index (χ2n) is 7.09. The summed E-state index contributed by atoms with van der Waals surface area (Å²) in [5.41, 5.74) is 2.85. The van der Waals surface area contributed by atoms with Gasteiger partial charge in [0, 0.05) is 18.2 Å². The highest BCUT2D eigenvalue weighted by Gasteiger charge is 2.19. The molecule has 4 rings (SSSR count). The summed E-state index contributed by atoms with van der Waals surface area (Å²) in [5, 5.41) is 8.17. The Morgan fingerprint density at radius 1 is 1.21 bits per heavy atom. The largest absolute Gasteiger partial charge is 0.486 e. The molecular weight excluding hydrogens is 356 g/mol. The van der Waals surface area contributed by atoms with Crippen LogP contribution in [0.4, 0.5) is 0 Å². The lowest BCUT2D eigenvalue weighted by Gasteiger charge is -2.19. The van der Waals surface area contributed by atoms with Gasteiger partial charge >= 0.3 is 0 Å². The highest BCUT2D eigenvalue weighted by molar-refractivity contribution is 6.06. The molecule has 1 amide bonds. The van der Waals surface area contributed by atoms with Crippen LogP contribution >= 0.6 is 0 Å². The van der Waals surface area contributed by atoms with Crippen molar-refractivity contribution < 1.29 is 14.3 Å². The van der Waals surface area contributed by atoms with Crippen LogP contribution in [0.2, 0.25) is 0 Å². The highest BCUT2D eigenvalue weighted by atomic mass is 16.6. The van der Waals surface area contributed by atoms with Crippen LogP contribution in [0.1, 0.15) is 43.6 Å². The molecule has 0 radical (unpaired) electrons. The number of aromatic nitrogens is 3. The zero-order valence-corrected chi connectivity index (χ0v) is 16.4. The molecule has 0 bridgehead atoms. The SMILES string of the molecule is CCCNC(=O)c1cc(-c2ccc3c(c2)OCCO3)nc2c1cnn2C(C)C. The summed E-state index contributed by atoms with van der Waals surface area (Å²) >= 11 is 0. The van der Waals surface area contributed by atoms with Crippen LogP contribution in [-0.2, 0) is 0 Å². The van der Waals surface area contributed by atoms with Gasteiger partial charge < -0.3 is 14.8 Å². The fourth-order valence-corrected chi connectivity index (χ4v) is 3.27. The molecule has 0 spiro atoms. The van der Waals surface area contributed by atoms with Crippen LogP contribution in [0.25, 0.3) is 22.3 Å². The first-order valence-corrected chi connectivity index (χ1v) is 9.65. The maximum Gasteiger partial charge on any atom is 0.252 e. The van der Waals surface area contributed by atoms with E-state index in [2.05, 4.69) is 10.4 Å². The van der Waals surface area contributed by atoms with Gasteiger partial charge in [-0.15, -0.1) is 0 Å². The number of carbonyl (C=O) groups is 1. The first-order chi connectivity index (χ1) is 13.6. The molecule has 0 unspecified atom stereocenters. The number of benzene rings is 1. The number of ether oxygens (including phenoxy) is 2. The molecule has 1 N–H and O–H groups in total. The number of nitrogens with zero attached hydrogens (tertiary/aromatic N) is 3. The molecule has 0 fully saturated rings. The van der Waals surface area contributed by atoms with Gasteiger partial charge in [-0.3, -0.25) is 4.79 Å². The molecule has 1 aromatic carbocycles. The normalized spacial score (nSPS) is 13.1. The Balaban J connectivity index is 1.86. The van der Waals surface area contributed by atoms with Crippen LogP contribution in [0.5, 0.6) is 11.5 Å². The minimum atomic E-state index is -0.114. The maximum absolute atomic E-state index is 12.8. The number of rotatable bonds is 5. The average Bonchev–Trinajstić information content (AvgIpc) is 3.15. The summed E-state index contributed by atoms with van der Waals surface area (Å²) in [4.78, 5) is 17.6. The maximum atomic E-state index is 12.8. The molecule has 0 saturated heterocycles. The molecule has 3 heterocycles. The molecule has 2 aromatic heterocycles. The van der Waals surface area contributed by atoms with Gasteiger partial charge in [-0.25, -0.2) is 9.67 Å². The Morgan fingerprint density at radius 2 is 2.00 bits per heavy atom. The van der Waals surface area contributed by atoms with Gasteiger partial charge in [0.1, 0.15) is 13.2 Å². The molecule has 146 valence electrons. The molecule has 28 heavy (non-hydrogen) atoms. The number of carbonyl (C=O) groups excluding carboxylic acids is 1. The molecule has 0 saturated carbocycles. The van der Waals surface area contributed by atoms with Gasteiger partial charge in [0.2, 0.25) is 0 Å². The predicted octanol–water partition coefficient (Wildman–Crippen LogP) is 3.59. The van der Waals surface area contributed by atoms with Gasteiger partial charge in [0.25, 0.3) is 5.91 Å². The summed E-state index contributed by atoms with van der Waals surface area (Å²) in [6, 6.07) is 7.68. The van der Waals surface area contributed by atoms with Crippen molar-refractivity contribution in [3.8, 4) is 22.8 Å². The molecule has 1 aliphatic rings. The minimum Gasteiger partial charge on any atom is -0.486 e. The lowest BCUT2D eigenvalue weighted by atomic mass is 10.1. The standard InChI is InChI=1S/C21H24N4O3/c1-4-7-22-21(26)15-11-17(24-20-16(15)12-23-25(20)13(2)3)14-5-6-18-19(10-14)28-9-8-27-18/h5-6,10-13H,4,7-9H2,1-3H3,(H,22,26). The number of nitrogens with one attached hydrogen (secondary N) is 1. The Morgan fingerprint density at radius 3 is 2.75 bits per heavy atom. The summed E-state index contributed by atoms with van der Waals surface area (Å²) < 4.78 is 13.1. The fourth-order valence-electron chi connectivity index (χ4n) is 3.27. The van der Waals surface area contributed by atoms with Crippen molar-refractivity contribution in [2.24, 2.45) is 0 Å². The molecule has 7 nitrogen and oxygen atoms in total. The number of amides is 1. The van der Waals surface area contributed by atoms with Crippen LogP contribution in [0.15, 0.2) is 30.5 Å². The number of hydrogen-bond donors (Lipinski definition) is 1. The molecule has 7 heteroatoms. The van der Waals surface area contributed by atoms with Crippen molar-refractivity contribution in [1.29, 1.82) is 0 Å². The van der Waals surface area contributed by atoms with E-state index in [4.69, 9.17) is 14.5 Å². The monoisotopic (exact) mass is 380 g/mol. The molecular formula is C21H24N4O3. The van der Waals surface area contributed by atoms with E-state index < -0.39 is 0 Å². The van der Waals surface area contributed by atoms with Crippen molar-refractivity contribution in [2.45, 2.75) is 33.2 Å². The van der Waals surface area contributed by atoms with Crippen LogP contribution in [0.3, 0.4) is 0 Å². The molecule has 0 atom stereocenters. The van der Waals surface area contributed by atoms with Gasteiger partial charge in [-0.1, -0.05) is 6.92 Å². The van der Waals surface area contributed by atoms with Gasteiger partial charge in [-0.2, -0.15) is 5.10 Å². The van der Waals surface area contributed by atoms with Crippen molar-refractivity contribution in [3.63, 3.8) is 0 Å². The third kappa shape index (κ3) is 3.28. The molecule has 0 aliphatic carbocycles. The fraction of sp³-hybridized carbons (Fsp3) is 0.381. The van der Waals surface area contributed by atoms with Crippen LogP contribution < -0.4 is 14.8 Å². The van der Waals surface area contributed by atoms with E-state index in [1.54, 1.807) is 6.20 Å². The van der Waals surface area contributed by atoms with E-state index >= 15 is 0 Å². The highest BCUT2D eigenvalue weighted by Crippen LogP contribution is 2.35. The van der Waals surface area contributed by atoms with E-state index in [9.17, 15) is 4.79 Å². The van der Waals surface area contributed by atoms with Crippen molar-refractivity contribution in [1.82, 2.24) is 20.1 Å². The van der Waals surface area contributed by atoms with E-state index in [0.717, 1.165) is 23.1 Å². The molecule has 3 aromatic rings. The third-order valence-corrected chi connectivity index (χ3v) is 4.67. The Labute approximate surface area is 163 Å². The second kappa shape index (κ2) is 7.50. The van der Waals surface area contributed by atoms with Crippen LogP contribution in [-0.4, -0.2) is 40.4 Å². The van der Waals surface area contributed by atoms with E-state index in [1.807, 2.05) is 49.7 Å². The quantitative estimate of drug-likeness (QED) is 0.732. The predicted molar refractivity (Wildman–Crippen MR) is 107 cm³/mol. The van der Waals surface area contributed by atoms with E-state index in [1.165, 1.54) is 0 Å². The Kier molecular flexibility index (Phi) is 4.90. The van der Waals surface area contributed by atoms with Crippen molar-refractivity contribution in [3.05, 3.63) is 36.0 Å². The number of pyridine rings is 1. The van der Waals surface area contributed by atoms with Crippen molar-refractivity contribution in [2.75, 3.05) is 19.8 Å². The zero-order valence-electron chi connectivity index (χ0n) is 16.4. The third-order valence-electron chi connectivity index (χ3n) is 4.67. The summed E-state index contributed by atoms with van der Waals surface area (Å²) in [6.45, 7) is 7.81. The van der Waals surface area contributed by atoms with Gasteiger partial charge in [0.15, 0.2) is 17.1 Å². The first kappa shape index (κ1) is 18.3. The lowest BCUT2D eigenvalue weighted by Crippen LogP contribution is -2.24. The van der Waals surface area contributed by atoms with Crippen molar-refractivity contribution >= 4 is 16.9 Å². The lowest BCUT2D eigenvalue weighted by molar-refractivity contribution is 0.0955. The summed E-state index contributed by atoms with van der Waals surface area (Å²) in [6.07, 6.45) is 2.59. The summed E-state index contributed by atoms with van der Waals surface area (Å²) in [5.74, 6) is 1.31. The average molecular weight is 380 g/mol. The minimum absolute atomic E-state index is 0.114. The van der Waals surface area contributed by atoms with E-state index in [0.29, 0.717) is 42.4 Å². The smallest absolute Gasteiger partial charge is 0.252 e. The number of hydrogen-bond acceptors (Lipinski definition) is 5. The topological polar surface area (TPSA) is 78.3 Å². The summed E-state index contributed by atoms with van der Waals surface area (Å²) in [7, 11) is 0. The first-order valence-electron chi connectivity index (χ1n) is 9.65. The Bertz CT molecular complexity index is 1030. The zero-order chi connectivity index (χ0) is 19.7. The second-order valence-corrected chi connectivity index (χ2v) is 7.09. The number of fused-ring (bicyclic) bond motifs is 2. The van der Waals surface area contributed by atoms with Crippen LogP contribution in [0, 0.1) is 0 Å². The molecule has 1 aliphatic heterocycles. The van der Waals surface area contributed by atoms with Gasteiger partial charge in [-0.05, 0) is 44.5 Å². The Hall–Kier alpha value is -3.09. The van der Waals surface area contributed by atoms with E-state index in [-0.39, 0.29) is 11.9 Å². The van der Waals surface area contributed by atoms with Gasteiger partial charge in [0.05, 0.1) is 22.8 Å².